The van der Waals surface area contributed by atoms with E-state index in [1.165, 1.54) is 29.9 Å². The molecule has 0 aliphatic heterocycles. The fourth-order valence-electron chi connectivity index (χ4n) is 3.80. The van der Waals surface area contributed by atoms with Gasteiger partial charge >= 0.3 is 12.3 Å². The van der Waals surface area contributed by atoms with Crippen molar-refractivity contribution in [2.75, 3.05) is 33.7 Å². The van der Waals surface area contributed by atoms with Gasteiger partial charge in [0.1, 0.15) is 5.75 Å². The second kappa shape index (κ2) is 10.7. The lowest BCUT2D eigenvalue weighted by molar-refractivity contribution is -0.137. The van der Waals surface area contributed by atoms with E-state index in [2.05, 4.69) is 18.5 Å². The van der Waals surface area contributed by atoms with Gasteiger partial charge in [0.25, 0.3) is 0 Å². The molecule has 0 spiro atoms. The molecular weight excluding hydrogens is 381 g/mol. The van der Waals surface area contributed by atoms with Crippen molar-refractivity contribution in [2.45, 2.75) is 38.3 Å². The first-order valence-corrected chi connectivity index (χ1v) is 10.1. The molecule has 1 aliphatic carbocycles. The van der Waals surface area contributed by atoms with Crippen molar-refractivity contribution >= 4 is 6.09 Å². The van der Waals surface area contributed by atoms with E-state index in [1.807, 2.05) is 6.08 Å². The third-order valence-electron chi connectivity index (χ3n) is 5.55. The maximum Gasteiger partial charge on any atom is 0.416 e. The minimum atomic E-state index is -4.40. The van der Waals surface area contributed by atoms with Crippen LogP contribution in [0.15, 0.2) is 36.9 Å². The van der Waals surface area contributed by atoms with Crippen molar-refractivity contribution in [1.29, 1.82) is 0 Å². The molecular formula is C22H31F3N2O2. The maximum atomic E-state index is 12.6. The van der Waals surface area contributed by atoms with Gasteiger partial charge in [0.05, 0.1) is 5.56 Å². The Kier molecular flexibility index (Phi) is 8.56. The van der Waals surface area contributed by atoms with Crippen LogP contribution in [0.1, 0.15) is 37.7 Å². The second-order valence-electron chi connectivity index (χ2n) is 8.00. The van der Waals surface area contributed by atoms with Gasteiger partial charge in [-0.05, 0) is 62.4 Å². The summed E-state index contributed by atoms with van der Waals surface area (Å²) in [6.45, 7) is 6.35. The molecule has 0 N–H and O–H groups in total. The van der Waals surface area contributed by atoms with Crippen LogP contribution in [0.3, 0.4) is 0 Å². The van der Waals surface area contributed by atoms with Crippen LogP contribution in [0.25, 0.3) is 0 Å². The van der Waals surface area contributed by atoms with Crippen LogP contribution >= 0.6 is 0 Å². The van der Waals surface area contributed by atoms with Gasteiger partial charge in [0.15, 0.2) is 0 Å². The fourth-order valence-corrected chi connectivity index (χ4v) is 3.80. The van der Waals surface area contributed by atoms with Gasteiger partial charge in [-0.3, -0.25) is 0 Å². The SMILES string of the molecule is C=CCN(C)C[C@H]1CC[C@H](CCN(C)C(=O)Oc2ccc(C(F)(F)F)cc2)CC1. The zero-order chi connectivity index (χ0) is 21.4. The lowest BCUT2D eigenvalue weighted by atomic mass is 9.80. The van der Waals surface area contributed by atoms with Crippen LogP contribution in [0.5, 0.6) is 5.75 Å². The molecule has 162 valence electrons. The van der Waals surface area contributed by atoms with Crippen molar-refractivity contribution < 1.29 is 22.7 Å². The van der Waals surface area contributed by atoms with Gasteiger partial charge in [-0.1, -0.05) is 18.9 Å². The van der Waals surface area contributed by atoms with E-state index >= 15 is 0 Å². The van der Waals surface area contributed by atoms with Gasteiger partial charge < -0.3 is 14.5 Å². The van der Waals surface area contributed by atoms with Crippen molar-refractivity contribution in [2.24, 2.45) is 11.8 Å². The van der Waals surface area contributed by atoms with Gasteiger partial charge in [0, 0.05) is 26.7 Å². The van der Waals surface area contributed by atoms with Gasteiger partial charge in [-0.2, -0.15) is 13.2 Å². The van der Waals surface area contributed by atoms with E-state index in [1.54, 1.807) is 7.05 Å². The van der Waals surface area contributed by atoms with Crippen LogP contribution in [-0.4, -0.2) is 49.6 Å². The number of carbonyl (C=O) groups is 1. The number of alkyl halides is 3. The highest BCUT2D eigenvalue weighted by atomic mass is 19.4. The maximum absolute atomic E-state index is 12.6. The Morgan fingerprint density at radius 1 is 1.14 bits per heavy atom. The molecule has 1 fully saturated rings. The number of nitrogens with zero attached hydrogens (tertiary/aromatic N) is 2. The average molecular weight is 412 g/mol. The summed E-state index contributed by atoms with van der Waals surface area (Å²) < 4.78 is 42.9. The lowest BCUT2D eigenvalue weighted by Gasteiger charge is -2.31. The minimum Gasteiger partial charge on any atom is -0.410 e. The molecule has 1 aliphatic rings. The Hall–Kier alpha value is -2.02. The van der Waals surface area contributed by atoms with Crippen molar-refractivity contribution in [3.05, 3.63) is 42.5 Å². The number of rotatable bonds is 8. The smallest absolute Gasteiger partial charge is 0.410 e. The van der Waals surface area contributed by atoms with Gasteiger partial charge in [0.2, 0.25) is 0 Å². The Labute approximate surface area is 171 Å². The summed E-state index contributed by atoms with van der Waals surface area (Å²) in [6, 6.07) is 4.15. The minimum absolute atomic E-state index is 0.110. The number of hydrogen-bond acceptors (Lipinski definition) is 3. The Morgan fingerprint density at radius 2 is 1.72 bits per heavy atom. The summed E-state index contributed by atoms with van der Waals surface area (Å²) >= 11 is 0. The molecule has 1 saturated carbocycles. The highest BCUT2D eigenvalue weighted by Gasteiger charge is 2.30. The Balaban J connectivity index is 1.70. The van der Waals surface area contributed by atoms with Crippen LogP contribution in [-0.2, 0) is 6.18 Å². The van der Waals surface area contributed by atoms with Crippen LogP contribution in [0.2, 0.25) is 0 Å². The molecule has 0 bridgehead atoms. The fraction of sp³-hybridized carbons (Fsp3) is 0.591. The first kappa shape index (κ1) is 23.3. The largest absolute Gasteiger partial charge is 0.416 e. The number of halogens is 3. The van der Waals surface area contributed by atoms with Crippen LogP contribution in [0.4, 0.5) is 18.0 Å². The lowest BCUT2D eigenvalue weighted by Crippen LogP contribution is -2.33. The molecule has 0 unspecified atom stereocenters. The van der Waals surface area contributed by atoms with Gasteiger partial charge in [-0.15, -0.1) is 6.58 Å². The summed E-state index contributed by atoms with van der Waals surface area (Å²) in [5, 5.41) is 0. The summed E-state index contributed by atoms with van der Waals surface area (Å²) in [5.74, 6) is 1.43. The first-order valence-electron chi connectivity index (χ1n) is 10.1. The molecule has 0 saturated heterocycles. The summed E-state index contributed by atoms with van der Waals surface area (Å²) in [7, 11) is 3.77. The number of likely N-dealkylation sites (N-methyl/N-ethyl adjacent to an activating group) is 1. The van der Waals surface area contributed by atoms with E-state index < -0.39 is 17.8 Å². The molecule has 1 aromatic carbocycles. The average Bonchev–Trinajstić information content (AvgIpc) is 2.67. The summed E-state index contributed by atoms with van der Waals surface area (Å²) in [5.41, 5.74) is -0.767. The second-order valence-corrected chi connectivity index (χ2v) is 8.00. The van der Waals surface area contributed by atoms with Crippen molar-refractivity contribution in [3.63, 3.8) is 0 Å². The first-order chi connectivity index (χ1) is 13.7. The zero-order valence-electron chi connectivity index (χ0n) is 17.3. The molecule has 29 heavy (non-hydrogen) atoms. The summed E-state index contributed by atoms with van der Waals surface area (Å²) in [6.07, 6.45) is 2.60. The van der Waals surface area contributed by atoms with Crippen LogP contribution in [0, 0.1) is 11.8 Å². The van der Waals surface area contributed by atoms with Gasteiger partial charge in [-0.25, -0.2) is 4.79 Å². The zero-order valence-corrected chi connectivity index (χ0v) is 17.3. The normalized spacial score (nSPS) is 19.8. The standard InChI is InChI=1S/C22H31F3N2O2/c1-4-14-26(2)16-18-7-5-17(6-8-18)13-15-27(3)21(28)29-20-11-9-19(10-12-20)22(23,24)25/h4,9-12,17-18H,1,5-8,13-16H2,2-3H3/t17-,18-. The quantitative estimate of drug-likeness (QED) is 0.532. The number of amides is 1. The number of benzene rings is 1. The third-order valence-corrected chi connectivity index (χ3v) is 5.55. The predicted octanol–water partition coefficient (Wildman–Crippen LogP) is 5.45. The van der Waals surface area contributed by atoms with E-state index in [9.17, 15) is 18.0 Å². The highest BCUT2D eigenvalue weighted by molar-refractivity contribution is 5.70. The molecule has 0 aromatic heterocycles. The highest BCUT2D eigenvalue weighted by Crippen LogP contribution is 2.32. The van der Waals surface area contributed by atoms with Crippen LogP contribution < -0.4 is 4.74 Å². The molecule has 0 heterocycles. The number of ether oxygens (including phenoxy) is 1. The molecule has 4 nitrogen and oxygen atoms in total. The predicted molar refractivity (Wildman–Crippen MR) is 108 cm³/mol. The monoisotopic (exact) mass is 412 g/mol. The molecule has 0 radical (unpaired) electrons. The van der Waals surface area contributed by atoms with E-state index in [-0.39, 0.29) is 5.75 Å². The number of carbonyl (C=O) groups excluding carboxylic acids is 1. The van der Waals surface area contributed by atoms with E-state index in [0.29, 0.717) is 12.5 Å². The Bertz CT molecular complexity index is 653. The Morgan fingerprint density at radius 3 is 2.28 bits per heavy atom. The topological polar surface area (TPSA) is 32.8 Å². The molecule has 7 heteroatoms. The summed E-state index contributed by atoms with van der Waals surface area (Å²) in [4.78, 5) is 16.0. The van der Waals surface area contributed by atoms with Crippen molar-refractivity contribution in [3.8, 4) is 5.75 Å². The van der Waals surface area contributed by atoms with E-state index in [0.717, 1.165) is 50.4 Å². The molecule has 2 rings (SSSR count). The molecule has 1 amide bonds. The van der Waals surface area contributed by atoms with Crippen molar-refractivity contribution in [1.82, 2.24) is 9.80 Å². The third kappa shape index (κ3) is 7.72. The number of hydrogen-bond donors (Lipinski definition) is 0. The molecule has 1 aromatic rings. The molecule has 0 atom stereocenters. The van der Waals surface area contributed by atoms with E-state index in [4.69, 9.17) is 4.74 Å².